The first-order chi connectivity index (χ1) is 10.1. The van der Waals surface area contributed by atoms with E-state index in [2.05, 4.69) is 23.0 Å². The van der Waals surface area contributed by atoms with E-state index in [1.54, 1.807) is 12.1 Å². The number of rotatable bonds is 2. The summed E-state index contributed by atoms with van der Waals surface area (Å²) in [5, 5.41) is 9.67. The Balaban J connectivity index is 1.90. The largest absolute Gasteiger partial charge is 0.361 e. The van der Waals surface area contributed by atoms with Crippen LogP contribution in [0.2, 0.25) is 0 Å². The molecule has 1 aliphatic rings. The molecule has 0 amide bonds. The lowest BCUT2D eigenvalue weighted by atomic mass is 9.75. The minimum atomic E-state index is -0.401. The average Bonchev–Trinajstić information content (AvgIpc) is 3.00. The van der Waals surface area contributed by atoms with Crippen LogP contribution in [-0.2, 0) is 5.41 Å². The quantitative estimate of drug-likeness (QED) is 0.919. The van der Waals surface area contributed by atoms with Crippen molar-refractivity contribution in [2.24, 2.45) is 0 Å². The maximum Gasteiger partial charge on any atom is 0.123 e. The predicted octanol–water partition coefficient (Wildman–Crippen LogP) is 3.31. The summed E-state index contributed by atoms with van der Waals surface area (Å²) >= 11 is 0. The highest BCUT2D eigenvalue weighted by atomic mass is 19.1. The second kappa shape index (κ2) is 5.34. The number of H-pyrrole nitrogens is 1. The monoisotopic (exact) mass is 283 g/mol. The van der Waals surface area contributed by atoms with Crippen molar-refractivity contribution in [3.63, 3.8) is 0 Å². The molecular weight excluding hydrogens is 265 g/mol. The van der Waals surface area contributed by atoms with Gasteiger partial charge in [0.05, 0.1) is 11.5 Å². The molecule has 3 nitrogen and oxygen atoms in total. The molecule has 2 aromatic rings. The summed E-state index contributed by atoms with van der Waals surface area (Å²) in [6.45, 7) is 1.87. The van der Waals surface area contributed by atoms with E-state index in [-0.39, 0.29) is 5.82 Å². The molecule has 4 heteroatoms. The van der Waals surface area contributed by atoms with Gasteiger partial charge in [-0.05, 0) is 74.4 Å². The van der Waals surface area contributed by atoms with Gasteiger partial charge in [-0.15, -0.1) is 0 Å². The van der Waals surface area contributed by atoms with Gasteiger partial charge >= 0.3 is 0 Å². The Bertz CT molecular complexity index is 658. The van der Waals surface area contributed by atoms with Crippen LogP contribution in [-0.4, -0.2) is 30.0 Å². The summed E-state index contributed by atoms with van der Waals surface area (Å²) in [7, 11) is 2.09. The van der Waals surface area contributed by atoms with E-state index >= 15 is 0 Å². The van der Waals surface area contributed by atoms with E-state index < -0.39 is 5.41 Å². The fraction of sp³-hybridized carbons (Fsp3) is 0.353. The topological polar surface area (TPSA) is 42.8 Å². The molecule has 0 atom stereocenters. The number of nitrogens with one attached hydrogen (secondary N) is 1. The van der Waals surface area contributed by atoms with Crippen LogP contribution in [0.25, 0.3) is 11.3 Å². The Morgan fingerprint density at radius 3 is 2.52 bits per heavy atom. The van der Waals surface area contributed by atoms with Crippen molar-refractivity contribution in [1.82, 2.24) is 9.88 Å². The molecule has 1 aromatic carbocycles. The number of nitriles is 1. The Labute approximate surface area is 124 Å². The fourth-order valence-corrected chi connectivity index (χ4v) is 2.93. The Morgan fingerprint density at radius 2 is 1.90 bits per heavy atom. The molecule has 1 fully saturated rings. The average molecular weight is 283 g/mol. The van der Waals surface area contributed by atoms with Gasteiger partial charge in [0.1, 0.15) is 5.82 Å². The van der Waals surface area contributed by atoms with Gasteiger partial charge in [-0.1, -0.05) is 0 Å². The molecule has 108 valence electrons. The van der Waals surface area contributed by atoms with Crippen LogP contribution in [0.1, 0.15) is 18.4 Å². The van der Waals surface area contributed by atoms with Gasteiger partial charge in [0, 0.05) is 11.9 Å². The summed E-state index contributed by atoms with van der Waals surface area (Å²) in [5.74, 6) is -0.241. The van der Waals surface area contributed by atoms with Crippen LogP contribution in [0, 0.1) is 17.1 Å². The SMILES string of the molecule is CN1CCC(C#N)(c2c[nH]c(-c3ccc(F)cc3)c2)CC1. The molecule has 0 saturated carbocycles. The summed E-state index contributed by atoms with van der Waals surface area (Å²) in [6.07, 6.45) is 3.62. The van der Waals surface area contributed by atoms with Crippen LogP contribution in [0.3, 0.4) is 0 Å². The van der Waals surface area contributed by atoms with Gasteiger partial charge in [0.25, 0.3) is 0 Å². The van der Waals surface area contributed by atoms with Crippen molar-refractivity contribution in [2.75, 3.05) is 20.1 Å². The van der Waals surface area contributed by atoms with E-state index in [0.717, 1.165) is 42.8 Å². The smallest absolute Gasteiger partial charge is 0.123 e. The van der Waals surface area contributed by atoms with Crippen LogP contribution in [0.15, 0.2) is 36.5 Å². The molecule has 21 heavy (non-hydrogen) atoms. The number of hydrogen-bond acceptors (Lipinski definition) is 2. The molecule has 0 bridgehead atoms. The van der Waals surface area contributed by atoms with Crippen molar-refractivity contribution < 1.29 is 4.39 Å². The zero-order valence-corrected chi connectivity index (χ0v) is 12.1. The predicted molar refractivity (Wildman–Crippen MR) is 80.2 cm³/mol. The molecule has 1 aliphatic heterocycles. The summed E-state index contributed by atoms with van der Waals surface area (Å²) in [6, 6.07) is 10.9. The third kappa shape index (κ3) is 2.57. The second-order valence-corrected chi connectivity index (χ2v) is 5.81. The summed E-state index contributed by atoms with van der Waals surface area (Å²) in [4.78, 5) is 5.48. The van der Waals surface area contributed by atoms with Gasteiger partial charge in [-0.3, -0.25) is 0 Å². The third-order valence-corrected chi connectivity index (χ3v) is 4.45. The van der Waals surface area contributed by atoms with E-state index in [0.29, 0.717) is 0 Å². The first-order valence-electron chi connectivity index (χ1n) is 7.18. The number of halogens is 1. The third-order valence-electron chi connectivity index (χ3n) is 4.45. The van der Waals surface area contributed by atoms with Crippen LogP contribution in [0.5, 0.6) is 0 Å². The lowest BCUT2D eigenvalue weighted by molar-refractivity contribution is 0.222. The maximum atomic E-state index is 13.0. The van der Waals surface area contributed by atoms with Crippen molar-refractivity contribution >= 4 is 0 Å². The molecule has 1 saturated heterocycles. The molecule has 2 heterocycles. The van der Waals surface area contributed by atoms with Gasteiger partial charge in [-0.2, -0.15) is 5.26 Å². The van der Waals surface area contributed by atoms with Crippen LogP contribution < -0.4 is 0 Å². The molecular formula is C17H18FN3. The van der Waals surface area contributed by atoms with E-state index in [1.165, 1.54) is 12.1 Å². The molecule has 0 unspecified atom stereocenters. The summed E-state index contributed by atoms with van der Waals surface area (Å²) < 4.78 is 13.0. The molecule has 0 spiro atoms. The number of hydrogen-bond donors (Lipinski definition) is 1. The standard InChI is InChI=1S/C17H18FN3/c1-21-8-6-17(12-19,7-9-21)14-10-16(20-11-14)13-2-4-15(18)5-3-13/h2-5,10-11,20H,6-9H2,1H3. The molecule has 1 N–H and O–H groups in total. The first kappa shape index (κ1) is 13.8. The van der Waals surface area contributed by atoms with Crippen LogP contribution in [0.4, 0.5) is 4.39 Å². The van der Waals surface area contributed by atoms with Crippen molar-refractivity contribution in [1.29, 1.82) is 5.26 Å². The minimum Gasteiger partial charge on any atom is -0.361 e. The second-order valence-electron chi connectivity index (χ2n) is 5.81. The van der Waals surface area contributed by atoms with Crippen molar-refractivity contribution in [3.8, 4) is 17.3 Å². The maximum absolute atomic E-state index is 13.0. The van der Waals surface area contributed by atoms with Gasteiger partial charge in [-0.25, -0.2) is 4.39 Å². The number of benzene rings is 1. The Kier molecular flexibility index (Phi) is 3.52. The highest BCUT2D eigenvalue weighted by Crippen LogP contribution is 2.36. The lowest BCUT2D eigenvalue weighted by Gasteiger charge is -2.35. The Morgan fingerprint density at radius 1 is 1.24 bits per heavy atom. The summed E-state index contributed by atoms with van der Waals surface area (Å²) in [5.41, 5.74) is 2.50. The van der Waals surface area contributed by atoms with Gasteiger partial charge in [0.2, 0.25) is 0 Å². The first-order valence-corrected chi connectivity index (χ1v) is 7.18. The highest BCUT2D eigenvalue weighted by Gasteiger charge is 2.36. The number of piperidine rings is 1. The van der Waals surface area contributed by atoms with E-state index in [1.807, 2.05) is 12.3 Å². The highest BCUT2D eigenvalue weighted by molar-refractivity contribution is 5.61. The number of likely N-dealkylation sites (tertiary alicyclic amines) is 1. The number of nitrogens with zero attached hydrogens (tertiary/aromatic N) is 2. The van der Waals surface area contributed by atoms with Gasteiger partial charge in [0.15, 0.2) is 0 Å². The zero-order chi connectivity index (χ0) is 14.9. The normalized spacial score (nSPS) is 18.3. The zero-order valence-electron chi connectivity index (χ0n) is 12.1. The van der Waals surface area contributed by atoms with Crippen molar-refractivity contribution in [2.45, 2.75) is 18.3 Å². The van der Waals surface area contributed by atoms with Crippen LogP contribution >= 0.6 is 0 Å². The molecule has 0 aliphatic carbocycles. The number of aromatic nitrogens is 1. The van der Waals surface area contributed by atoms with E-state index in [4.69, 9.17) is 0 Å². The molecule has 1 aromatic heterocycles. The molecule has 0 radical (unpaired) electrons. The number of aromatic amines is 1. The fourth-order valence-electron chi connectivity index (χ4n) is 2.93. The van der Waals surface area contributed by atoms with Gasteiger partial charge < -0.3 is 9.88 Å². The lowest BCUT2D eigenvalue weighted by Crippen LogP contribution is -2.39. The molecule has 3 rings (SSSR count). The Hall–Kier alpha value is -2.12. The minimum absolute atomic E-state index is 0.241. The van der Waals surface area contributed by atoms with E-state index in [9.17, 15) is 9.65 Å². The van der Waals surface area contributed by atoms with Crippen molar-refractivity contribution in [3.05, 3.63) is 47.9 Å².